The summed E-state index contributed by atoms with van der Waals surface area (Å²) < 4.78 is 5.83. The van der Waals surface area contributed by atoms with Crippen LogP contribution < -0.4 is 4.74 Å². The van der Waals surface area contributed by atoms with Crippen molar-refractivity contribution in [1.29, 1.82) is 0 Å². The number of benzene rings is 2. The van der Waals surface area contributed by atoms with Crippen LogP contribution in [-0.2, 0) is 11.2 Å². The van der Waals surface area contributed by atoms with Crippen LogP contribution in [0.15, 0.2) is 36.4 Å². The minimum atomic E-state index is -0.943. The minimum absolute atomic E-state index is 0.356. The van der Waals surface area contributed by atoms with Crippen molar-refractivity contribution in [2.24, 2.45) is 0 Å². The quantitative estimate of drug-likeness (QED) is 0.907. The number of carbonyl (C=O) groups is 1. The van der Waals surface area contributed by atoms with Crippen molar-refractivity contribution < 1.29 is 14.6 Å². The van der Waals surface area contributed by atoms with Crippen LogP contribution in [0.5, 0.6) is 5.75 Å². The van der Waals surface area contributed by atoms with Crippen molar-refractivity contribution in [3.63, 3.8) is 0 Å². The van der Waals surface area contributed by atoms with Crippen LogP contribution in [-0.4, -0.2) is 17.2 Å². The summed E-state index contributed by atoms with van der Waals surface area (Å²) in [6, 6.07) is 11.8. The summed E-state index contributed by atoms with van der Waals surface area (Å²) in [5.74, 6) is -0.291. The molecule has 1 N–H and O–H groups in total. The molecule has 0 aliphatic carbocycles. The van der Waals surface area contributed by atoms with Gasteiger partial charge < -0.3 is 9.84 Å². The van der Waals surface area contributed by atoms with E-state index in [9.17, 15) is 9.90 Å². The van der Waals surface area contributed by atoms with E-state index < -0.39 is 12.1 Å². The average molecular weight is 298 g/mol. The van der Waals surface area contributed by atoms with Crippen molar-refractivity contribution in [3.05, 3.63) is 64.2 Å². The highest BCUT2D eigenvalue weighted by Gasteiger charge is 2.22. The Morgan fingerprint density at radius 1 is 1.09 bits per heavy atom. The highest BCUT2D eigenvalue weighted by Crippen LogP contribution is 2.25. The van der Waals surface area contributed by atoms with E-state index in [1.807, 2.05) is 58.0 Å². The van der Waals surface area contributed by atoms with Gasteiger partial charge in [0.05, 0.1) is 0 Å². The fourth-order valence-corrected chi connectivity index (χ4v) is 2.49. The Kier molecular flexibility index (Phi) is 4.86. The fraction of sp³-hybridized carbons (Fsp3) is 0.316. The fourth-order valence-electron chi connectivity index (χ4n) is 2.49. The van der Waals surface area contributed by atoms with E-state index in [1.165, 1.54) is 0 Å². The Labute approximate surface area is 131 Å². The molecule has 0 fully saturated rings. The second-order valence-electron chi connectivity index (χ2n) is 5.78. The molecule has 0 bridgehead atoms. The summed E-state index contributed by atoms with van der Waals surface area (Å²) in [5.41, 5.74) is 5.24. The highest BCUT2D eigenvalue weighted by atomic mass is 16.5. The van der Waals surface area contributed by atoms with Crippen molar-refractivity contribution in [1.82, 2.24) is 0 Å². The smallest absolute Gasteiger partial charge is 0.345 e. The van der Waals surface area contributed by atoms with E-state index in [1.54, 1.807) is 0 Å². The zero-order chi connectivity index (χ0) is 16.3. The van der Waals surface area contributed by atoms with Crippen LogP contribution in [0.4, 0.5) is 0 Å². The molecular formula is C19H22O3. The van der Waals surface area contributed by atoms with Gasteiger partial charge in [-0.2, -0.15) is 0 Å². The van der Waals surface area contributed by atoms with Gasteiger partial charge in [-0.1, -0.05) is 30.3 Å². The molecule has 0 aliphatic heterocycles. The maximum absolute atomic E-state index is 11.6. The summed E-state index contributed by atoms with van der Waals surface area (Å²) in [6.45, 7) is 7.93. The third kappa shape index (κ3) is 3.67. The van der Waals surface area contributed by atoms with Gasteiger partial charge in [0, 0.05) is 6.42 Å². The molecule has 0 amide bonds. The number of carboxylic acids is 1. The second-order valence-corrected chi connectivity index (χ2v) is 5.78. The number of aryl methyl sites for hydroxylation is 3. The molecule has 0 heterocycles. The lowest BCUT2D eigenvalue weighted by Crippen LogP contribution is -2.30. The summed E-state index contributed by atoms with van der Waals surface area (Å²) in [7, 11) is 0. The predicted molar refractivity (Wildman–Crippen MR) is 87.6 cm³/mol. The lowest BCUT2D eigenvalue weighted by Gasteiger charge is -2.19. The first-order valence-electron chi connectivity index (χ1n) is 7.40. The van der Waals surface area contributed by atoms with Crippen LogP contribution in [0.3, 0.4) is 0 Å². The Hall–Kier alpha value is -2.29. The van der Waals surface area contributed by atoms with Crippen LogP contribution in [0.1, 0.15) is 27.8 Å². The first kappa shape index (κ1) is 16.1. The Balaban J connectivity index is 2.27. The summed E-state index contributed by atoms with van der Waals surface area (Å²) >= 11 is 0. The molecule has 2 rings (SSSR count). The maximum atomic E-state index is 11.6. The van der Waals surface area contributed by atoms with E-state index in [4.69, 9.17) is 4.74 Å². The third-order valence-electron chi connectivity index (χ3n) is 3.98. The monoisotopic (exact) mass is 298 g/mol. The van der Waals surface area contributed by atoms with E-state index in [2.05, 4.69) is 6.07 Å². The molecule has 0 spiro atoms. The van der Waals surface area contributed by atoms with Crippen LogP contribution in [0, 0.1) is 27.7 Å². The molecule has 1 unspecified atom stereocenters. The minimum Gasteiger partial charge on any atom is -0.478 e. The maximum Gasteiger partial charge on any atom is 0.345 e. The molecule has 22 heavy (non-hydrogen) atoms. The van der Waals surface area contributed by atoms with Gasteiger partial charge in [0.25, 0.3) is 0 Å². The molecule has 1 atom stereocenters. The first-order valence-corrected chi connectivity index (χ1v) is 7.40. The summed E-state index contributed by atoms with van der Waals surface area (Å²) in [6.07, 6.45) is -0.532. The number of aliphatic carboxylic acids is 1. The second kappa shape index (κ2) is 6.65. The van der Waals surface area contributed by atoms with E-state index in [0.717, 1.165) is 27.8 Å². The topological polar surface area (TPSA) is 46.5 Å². The van der Waals surface area contributed by atoms with Gasteiger partial charge in [0.15, 0.2) is 6.10 Å². The number of carboxylic acid groups (broad SMARTS) is 1. The zero-order valence-electron chi connectivity index (χ0n) is 13.5. The largest absolute Gasteiger partial charge is 0.478 e. The van der Waals surface area contributed by atoms with Gasteiger partial charge >= 0.3 is 5.97 Å². The SMILES string of the molecule is Cc1cc(C)c(C)c(OC(Cc2ccccc2C)C(=O)O)c1. The van der Waals surface area contributed by atoms with Gasteiger partial charge in [0.2, 0.25) is 0 Å². The lowest BCUT2D eigenvalue weighted by atomic mass is 10.0. The normalized spacial score (nSPS) is 12.0. The number of ether oxygens (including phenoxy) is 1. The van der Waals surface area contributed by atoms with Crippen LogP contribution in [0.25, 0.3) is 0 Å². The molecule has 0 saturated carbocycles. The van der Waals surface area contributed by atoms with Crippen molar-refractivity contribution in [2.45, 2.75) is 40.2 Å². The Morgan fingerprint density at radius 2 is 1.77 bits per heavy atom. The van der Waals surface area contributed by atoms with Gasteiger partial charge in [-0.15, -0.1) is 0 Å². The molecule has 0 radical (unpaired) electrons. The summed E-state index contributed by atoms with van der Waals surface area (Å²) in [5, 5.41) is 9.49. The van der Waals surface area contributed by atoms with Crippen molar-refractivity contribution >= 4 is 5.97 Å². The van der Waals surface area contributed by atoms with E-state index in [0.29, 0.717) is 12.2 Å². The van der Waals surface area contributed by atoms with Crippen molar-refractivity contribution in [2.75, 3.05) is 0 Å². The first-order chi connectivity index (χ1) is 10.4. The third-order valence-corrected chi connectivity index (χ3v) is 3.98. The molecular weight excluding hydrogens is 276 g/mol. The highest BCUT2D eigenvalue weighted by molar-refractivity contribution is 5.73. The molecule has 3 heteroatoms. The Bertz CT molecular complexity index is 689. The molecule has 3 nitrogen and oxygen atoms in total. The molecule has 0 saturated heterocycles. The van der Waals surface area contributed by atoms with Gasteiger partial charge in [-0.05, 0) is 61.6 Å². The van der Waals surface area contributed by atoms with Crippen LogP contribution in [0.2, 0.25) is 0 Å². The zero-order valence-corrected chi connectivity index (χ0v) is 13.5. The molecule has 0 aliphatic rings. The van der Waals surface area contributed by atoms with Crippen molar-refractivity contribution in [3.8, 4) is 5.75 Å². The van der Waals surface area contributed by atoms with Gasteiger partial charge in [-0.3, -0.25) is 0 Å². The predicted octanol–water partition coefficient (Wildman–Crippen LogP) is 3.99. The molecule has 2 aromatic rings. The number of rotatable bonds is 5. The molecule has 0 aromatic heterocycles. The van der Waals surface area contributed by atoms with E-state index >= 15 is 0 Å². The van der Waals surface area contributed by atoms with E-state index in [-0.39, 0.29) is 0 Å². The van der Waals surface area contributed by atoms with Gasteiger partial charge in [0.1, 0.15) is 5.75 Å². The lowest BCUT2D eigenvalue weighted by molar-refractivity contribution is -0.145. The molecule has 116 valence electrons. The van der Waals surface area contributed by atoms with Gasteiger partial charge in [-0.25, -0.2) is 4.79 Å². The summed E-state index contributed by atoms with van der Waals surface area (Å²) in [4.78, 5) is 11.6. The number of hydrogen-bond acceptors (Lipinski definition) is 2. The average Bonchev–Trinajstić information content (AvgIpc) is 2.45. The number of hydrogen-bond donors (Lipinski definition) is 1. The standard InChI is InChI=1S/C19H22O3/c1-12-9-14(3)15(4)17(10-12)22-18(19(20)21)11-16-8-6-5-7-13(16)2/h5-10,18H,11H2,1-4H3,(H,20,21). The Morgan fingerprint density at radius 3 is 2.41 bits per heavy atom. The molecule has 2 aromatic carbocycles. The van der Waals surface area contributed by atoms with Crippen LogP contribution >= 0.6 is 0 Å².